The van der Waals surface area contributed by atoms with E-state index in [9.17, 15) is 0 Å². The van der Waals surface area contributed by atoms with Crippen LogP contribution in [0.1, 0.15) is 24.9 Å². The lowest BCUT2D eigenvalue weighted by Crippen LogP contribution is -2.27. The van der Waals surface area contributed by atoms with Gasteiger partial charge in [0.15, 0.2) is 0 Å². The molecule has 2 nitrogen and oxygen atoms in total. The Kier molecular flexibility index (Phi) is 4.19. The van der Waals surface area contributed by atoms with E-state index in [0.717, 1.165) is 21.5 Å². The summed E-state index contributed by atoms with van der Waals surface area (Å²) in [4.78, 5) is 0. The topological polar surface area (TPSA) is 38.0 Å². The fourth-order valence-electron chi connectivity index (χ4n) is 1.23. The maximum absolute atomic E-state index is 5.91. The third-order valence-corrected chi connectivity index (χ3v) is 2.57. The van der Waals surface area contributed by atoms with E-state index in [4.69, 9.17) is 17.4 Å². The summed E-state index contributed by atoms with van der Waals surface area (Å²) in [6, 6.07) is 5.95. The van der Waals surface area contributed by atoms with Gasteiger partial charge in [0.25, 0.3) is 0 Å². The summed E-state index contributed by atoms with van der Waals surface area (Å²) in [7, 11) is 0. The lowest BCUT2D eigenvalue weighted by atomic mass is 10.1. The van der Waals surface area contributed by atoms with Crippen molar-refractivity contribution >= 4 is 27.5 Å². The molecule has 0 saturated heterocycles. The second-order valence-corrected chi connectivity index (χ2v) is 4.18. The van der Waals surface area contributed by atoms with E-state index < -0.39 is 0 Å². The Balaban J connectivity index is 2.99. The molecule has 0 aromatic heterocycles. The Labute approximate surface area is 91.6 Å². The fourth-order valence-corrected chi connectivity index (χ4v) is 2.11. The highest BCUT2D eigenvalue weighted by Gasteiger charge is 2.07. The summed E-state index contributed by atoms with van der Waals surface area (Å²) >= 11 is 9.30. The summed E-state index contributed by atoms with van der Waals surface area (Å²) in [6.07, 6.45) is 0.934. The average molecular weight is 264 g/mol. The van der Waals surface area contributed by atoms with Crippen LogP contribution in [0.15, 0.2) is 22.7 Å². The van der Waals surface area contributed by atoms with Crippen LogP contribution in [0.4, 0.5) is 0 Å². The minimum Gasteiger partial charge on any atom is -0.271 e. The third-order valence-electron chi connectivity index (χ3n) is 1.90. The van der Waals surface area contributed by atoms with Gasteiger partial charge in [-0.15, -0.1) is 0 Å². The summed E-state index contributed by atoms with van der Waals surface area (Å²) in [5.41, 5.74) is 3.84. The van der Waals surface area contributed by atoms with E-state index in [1.165, 1.54) is 0 Å². The number of hydrazine groups is 1. The minimum absolute atomic E-state index is 0.162. The molecule has 1 unspecified atom stereocenters. The zero-order valence-electron chi connectivity index (χ0n) is 7.35. The highest BCUT2D eigenvalue weighted by atomic mass is 79.9. The van der Waals surface area contributed by atoms with Gasteiger partial charge < -0.3 is 0 Å². The van der Waals surface area contributed by atoms with Crippen LogP contribution in [-0.2, 0) is 0 Å². The predicted molar refractivity (Wildman–Crippen MR) is 59.5 cm³/mol. The Morgan fingerprint density at radius 1 is 1.54 bits per heavy atom. The quantitative estimate of drug-likeness (QED) is 0.650. The minimum atomic E-state index is 0.162. The van der Waals surface area contributed by atoms with Crippen LogP contribution >= 0.6 is 27.5 Å². The number of hydrogen-bond acceptors (Lipinski definition) is 2. The van der Waals surface area contributed by atoms with Crippen LogP contribution in [0.3, 0.4) is 0 Å². The molecule has 1 rings (SSSR count). The normalized spacial score (nSPS) is 12.9. The van der Waals surface area contributed by atoms with Crippen LogP contribution in [0, 0.1) is 0 Å². The fraction of sp³-hybridized carbons (Fsp3) is 0.333. The van der Waals surface area contributed by atoms with E-state index in [2.05, 4.69) is 28.3 Å². The molecule has 1 aromatic rings. The van der Waals surface area contributed by atoms with Gasteiger partial charge in [0.1, 0.15) is 0 Å². The van der Waals surface area contributed by atoms with Gasteiger partial charge in [-0.25, -0.2) is 0 Å². The Bertz CT molecular complexity index is 267. The number of rotatable bonds is 3. The van der Waals surface area contributed by atoms with E-state index in [1.54, 1.807) is 0 Å². The van der Waals surface area contributed by atoms with Crippen molar-refractivity contribution in [1.29, 1.82) is 0 Å². The van der Waals surface area contributed by atoms with Crippen LogP contribution in [0.2, 0.25) is 5.02 Å². The molecule has 0 heterocycles. The van der Waals surface area contributed by atoms with Crippen LogP contribution in [0.25, 0.3) is 0 Å². The number of nitrogens with two attached hydrogens (primary N) is 1. The molecule has 0 saturated carbocycles. The monoisotopic (exact) mass is 262 g/mol. The van der Waals surface area contributed by atoms with Gasteiger partial charge >= 0.3 is 0 Å². The van der Waals surface area contributed by atoms with Crippen LogP contribution in [0.5, 0.6) is 0 Å². The first-order valence-corrected chi connectivity index (χ1v) is 5.26. The van der Waals surface area contributed by atoms with Crippen molar-refractivity contribution in [2.24, 2.45) is 5.84 Å². The highest BCUT2D eigenvalue weighted by molar-refractivity contribution is 9.10. The number of benzene rings is 1. The molecular formula is C9H12BrClN2. The van der Waals surface area contributed by atoms with Crippen LogP contribution < -0.4 is 11.3 Å². The molecule has 4 heteroatoms. The van der Waals surface area contributed by atoms with E-state index >= 15 is 0 Å². The van der Waals surface area contributed by atoms with Gasteiger partial charge in [0.05, 0.1) is 0 Å². The Hall–Kier alpha value is -0.0900. The van der Waals surface area contributed by atoms with Crippen molar-refractivity contribution < 1.29 is 0 Å². The molecular weight excluding hydrogens is 251 g/mol. The van der Waals surface area contributed by atoms with Crippen molar-refractivity contribution in [3.63, 3.8) is 0 Å². The lowest BCUT2D eigenvalue weighted by Gasteiger charge is -2.14. The van der Waals surface area contributed by atoms with Crippen molar-refractivity contribution in [1.82, 2.24) is 5.43 Å². The SMILES string of the molecule is CCC(NN)c1cc(Cl)cc(Br)c1. The molecule has 0 aliphatic carbocycles. The predicted octanol–water partition coefficient (Wildman–Crippen LogP) is 3.02. The third kappa shape index (κ3) is 2.95. The first-order valence-electron chi connectivity index (χ1n) is 4.09. The molecule has 3 N–H and O–H groups in total. The molecule has 13 heavy (non-hydrogen) atoms. The molecule has 0 radical (unpaired) electrons. The number of hydrogen-bond donors (Lipinski definition) is 2. The zero-order valence-corrected chi connectivity index (χ0v) is 9.69. The van der Waals surface area contributed by atoms with Gasteiger partial charge in [-0.3, -0.25) is 11.3 Å². The highest BCUT2D eigenvalue weighted by Crippen LogP contribution is 2.24. The van der Waals surface area contributed by atoms with Gasteiger partial charge in [-0.2, -0.15) is 0 Å². The van der Waals surface area contributed by atoms with Gasteiger partial charge in [-0.1, -0.05) is 34.5 Å². The van der Waals surface area contributed by atoms with Crippen molar-refractivity contribution in [3.8, 4) is 0 Å². The second-order valence-electron chi connectivity index (χ2n) is 2.83. The standard InChI is InChI=1S/C9H12BrClN2/c1-2-9(13-12)6-3-7(10)5-8(11)4-6/h3-5,9,13H,2,12H2,1H3. The largest absolute Gasteiger partial charge is 0.271 e. The van der Waals surface area contributed by atoms with Gasteiger partial charge in [0, 0.05) is 15.5 Å². The van der Waals surface area contributed by atoms with Gasteiger partial charge in [-0.05, 0) is 30.2 Å². The smallest absolute Gasteiger partial charge is 0.0458 e. The summed E-state index contributed by atoms with van der Waals surface area (Å²) in [5.74, 6) is 5.41. The molecule has 0 aliphatic rings. The van der Waals surface area contributed by atoms with Gasteiger partial charge in [0.2, 0.25) is 0 Å². The average Bonchev–Trinajstić information content (AvgIpc) is 2.04. The molecule has 0 aliphatic heterocycles. The zero-order chi connectivity index (χ0) is 9.84. The van der Waals surface area contributed by atoms with Crippen molar-refractivity contribution in [3.05, 3.63) is 33.3 Å². The summed E-state index contributed by atoms with van der Waals surface area (Å²) in [5, 5.41) is 0.720. The second kappa shape index (κ2) is 4.96. The molecule has 0 amide bonds. The first kappa shape index (κ1) is 11.0. The summed E-state index contributed by atoms with van der Waals surface area (Å²) in [6.45, 7) is 2.07. The maximum atomic E-state index is 5.91. The Morgan fingerprint density at radius 3 is 2.69 bits per heavy atom. The number of halogens is 2. The van der Waals surface area contributed by atoms with E-state index in [-0.39, 0.29) is 6.04 Å². The molecule has 72 valence electrons. The Morgan fingerprint density at radius 2 is 2.23 bits per heavy atom. The van der Waals surface area contributed by atoms with E-state index in [1.807, 2.05) is 18.2 Å². The lowest BCUT2D eigenvalue weighted by molar-refractivity contribution is 0.539. The molecule has 1 aromatic carbocycles. The molecule has 1 atom stereocenters. The molecule has 0 fully saturated rings. The maximum Gasteiger partial charge on any atom is 0.0458 e. The first-order chi connectivity index (χ1) is 6.17. The summed E-state index contributed by atoms with van der Waals surface area (Å²) < 4.78 is 0.976. The van der Waals surface area contributed by atoms with Crippen LogP contribution in [-0.4, -0.2) is 0 Å². The number of nitrogens with one attached hydrogen (secondary N) is 1. The molecule has 0 bridgehead atoms. The van der Waals surface area contributed by atoms with Crippen molar-refractivity contribution in [2.45, 2.75) is 19.4 Å². The molecule has 0 spiro atoms. The van der Waals surface area contributed by atoms with Crippen molar-refractivity contribution in [2.75, 3.05) is 0 Å². The van der Waals surface area contributed by atoms with E-state index in [0.29, 0.717) is 0 Å².